The highest BCUT2D eigenvalue weighted by Gasteiger charge is 2.29. The Balaban J connectivity index is 1.46. The predicted octanol–water partition coefficient (Wildman–Crippen LogP) is 4.19. The minimum Gasteiger partial charge on any atom is -0.484 e. The van der Waals surface area contributed by atoms with Crippen LogP contribution in [-0.2, 0) is 30.8 Å². The molecule has 11 nitrogen and oxygen atoms in total. The molecule has 1 N–H and O–H groups in total. The van der Waals surface area contributed by atoms with Crippen LogP contribution in [0.25, 0.3) is 11.0 Å². The first kappa shape index (κ1) is 30.2. The van der Waals surface area contributed by atoms with Crippen molar-refractivity contribution in [3.05, 3.63) is 47.3 Å². The molecular formula is C26H29F3N4O7S. The summed E-state index contributed by atoms with van der Waals surface area (Å²) >= 11 is 0. The number of benzene rings is 1. The summed E-state index contributed by atoms with van der Waals surface area (Å²) in [6, 6.07) is 5.79. The van der Waals surface area contributed by atoms with E-state index < -0.39 is 35.8 Å². The first-order valence-corrected chi connectivity index (χ1v) is 14.0. The predicted molar refractivity (Wildman–Crippen MR) is 140 cm³/mol. The summed E-state index contributed by atoms with van der Waals surface area (Å²) in [5, 5.41) is 2.55. The molecule has 1 fully saturated rings. The van der Waals surface area contributed by atoms with E-state index >= 15 is 0 Å². The van der Waals surface area contributed by atoms with Gasteiger partial charge in [-0.15, -0.1) is 0 Å². The second kappa shape index (κ2) is 13.3. The summed E-state index contributed by atoms with van der Waals surface area (Å²) in [6.07, 6.45) is -3.22. The van der Waals surface area contributed by atoms with Crippen molar-refractivity contribution in [2.45, 2.75) is 49.9 Å². The van der Waals surface area contributed by atoms with Crippen molar-refractivity contribution < 1.29 is 45.9 Å². The Bertz CT molecular complexity index is 1420. The van der Waals surface area contributed by atoms with Gasteiger partial charge in [-0.2, -0.15) is 13.2 Å². The van der Waals surface area contributed by atoms with Crippen LogP contribution in [0, 0.1) is 13.8 Å². The zero-order chi connectivity index (χ0) is 29.6. The Hall–Kier alpha value is -3.72. The Morgan fingerprint density at radius 3 is 2.68 bits per heavy atom. The molecule has 0 radical (unpaired) electrons. The number of rotatable bonds is 9. The third-order valence-corrected chi connectivity index (χ3v) is 7.43. The summed E-state index contributed by atoms with van der Waals surface area (Å²) < 4.78 is 72.9. The number of hydrogen-bond donors (Lipinski definition) is 1. The van der Waals surface area contributed by atoms with Gasteiger partial charge in [0.2, 0.25) is 5.16 Å². The number of carbonyl (C=O) groups is 2. The maximum absolute atomic E-state index is 13.5. The number of hydrogen-bond acceptors (Lipinski definition) is 9. The maximum Gasteiger partial charge on any atom is 0.508 e. The van der Waals surface area contributed by atoms with Crippen LogP contribution in [0.15, 0.2) is 35.6 Å². The Kier molecular flexibility index (Phi) is 9.81. The lowest BCUT2D eigenvalue weighted by Gasteiger charge is -2.21. The zero-order valence-electron chi connectivity index (χ0n) is 22.4. The van der Waals surface area contributed by atoms with Crippen LogP contribution in [0.4, 0.5) is 22.8 Å². The van der Waals surface area contributed by atoms with Crippen LogP contribution >= 0.6 is 0 Å². The average Bonchev–Trinajstić information content (AvgIpc) is 3.33. The summed E-state index contributed by atoms with van der Waals surface area (Å²) in [6.45, 7) is 2.61. The molecule has 1 aliphatic heterocycles. The molecule has 41 heavy (non-hydrogen) atoms. The third-order valence-electron chi connectivity index (χ3n) is 6.21. The van der Waals surface area contributed by atoms with Crippen molar-refractivity contribution >= 4 is 34.0 Å². The van der Waals surface area contributed by atoms with Crippen LogP contribution < -0.4 is 10.1 Å². The van der Waals surface area contributed by atoms with Gasteiger partial charge < -0.3 is 24.3 Å². The van der Waals surface area contributed by atoms with Crippen molar-refractivity contribution in [3.8, 4) is 5.75 Å². The molecule has 4 rings (SSSR count). The highest BCUT2D eigenvalue weighted by atomic mass is 32.2. The van der Waals surface area contributed by atoms with Gasteiger partial charge in [0.15, 0.2) is 6.61 Å². The number of halogens is 3. The van der Waals surface area contributed by atoms with E-state index in [9.17, 15) is 27.0 Å². The van der Waals surface area contributed by atoms with E-state index in [1.807, 2.05) is 0 Å². The monoisotopic (exact) mass is 598 g/mol. The molecule has 222 valence electrons. The number of aryl methyl sites for hydroxylation is 1. The molecule has 1 aliphatic rings. The Labute approximate surface area is 235 Å². The van der Waals surface area contributed by atoms with Crippen LogP contribution in [-0.4, -0.2) is 76.2 Å². The normalized spacial score (nSPS) is 15.0. The van der Waals surface area contributed by atoms with E-state index in [1.165, 1.54) is 19.2 Å². The van der Waals surface area contributed by atoms with Crippen molar-refractivity contribution in [2.24, 2.45) is 0 Å². The highest BCUT2D eigenvalue weighted by Crippen LogP contribution is 2.26. The van der Waals surface area contributed by atoms with Gasteiger partial charge in [-0.05, 0) is 31.5 Å². The highest BCUT2D eigenvalue weighted by molar-refractivity contribution is 7.84. The number of imidazole rings is 1. The molecule has 3 aromatic rings. The van der Waals surface area contributed by atoms with Gasteiger partial charge >= 0.3 is 18.4 Å². The largest absolute Gasteiger partial charge is 0.508 e. The van der Waals surface area contributed by atoms with Crippen molar-refractivity contribution in [1.82, 2.24) is 19.9 Å². The molecule has 0 aliphatic carbocycles. The number of pyridine rings is 1. The number of amides is 1. The van der Waals surface area contributed by atoms with E-state index in [4.69, 9.17) is 18.9 Å². The first-order valence-electron chi connectivity index (χ1n) is 12.7. The van der Waals surface area contributed by atoms with Gasteiger partial charge in [0, 0.05) is 24.6 Å². The lowest BCUT2D eigenvalue weighted by Crippen LogP contribution is -2.33. The molecule has 15 heteroatoms. The molecule has 1 atom stereocenters. The van der Waals surface area contributed by atoms with Crippen molar-refractivity contribution in [2.75, 3.05) is 33.0 Å². The number of ether oxygens (including phenoxy) is 4. The smallest absolute Gasteiger partial charge is 0.484 e. The van der Waals surface area contributed by atoms with E-state index in [0.29, 0.717) is 37.1 Å². The van der Waals surface area contributed by atoms with Crippen molar-refractivity contribution in [3.63, 3.8) is 0 Å². The fourth-order valence-electron chi connectivity index (χ4n) is 4.11. The molecule has 1 saturated heterocycles. The van der Waals surface area contributed by atoms with Gasteiger partial charge in [0.05, 0.1) is 53.0 Å². The zero-order valence-corrected chi connectivity index (χ0v) is 23.2. The van der Waals surface area contributed by atoms with Gasteiger partial charge in [-0.1, -0.05) is 12.1 Å². The van der Waals surface area contributed by atoms with Crippen LogP contribution in [0.3, 0.4) is 0 Å². The molecule has 0 bridgehead atoms. The summed E-state index contributed by atoms with van der Waals surface area (Å²) in [7, 11) is -1.93. The number of alkyl halides is 3. The quantitative estimate of drug-likeness (QED) is 0.285. The molecule has 1 amide bonds. The SMILES string of the molecule is Cc1c(OCC(F)(F)F)ccnc1CS(=O)c1nc2c(C)cccc2n1C(=O)NCCOC(=O)OC1CCOCC1. The fraction of sp³-hybridized carbons (Fsp3) is 0.462. The Morgan fingerprint density at radius 1 is 1.20 bits per heavy atom. The summed E-state index contributed by atoms with van der Waals surface area (Å²) in [4.78, 5) is 33.8. The molecular weight excluding hydrogens is 569 g/mol. The number of nitrogens with one attached hydrogen (secondary N) is 1. The number of carbonyl (C=O) groups excluding carboxylic acids is 2. The molecule has 3 heterocycles. The van der Waals surface area contributed by atoms with E-state index in [2.05, 4.69) is 15.3 Å². The van der Waals surface area contributed by atoms with E-state index in [1.54, 1.807) is 25.1 Å². The van der Waals surface area contributed by atoms with Crippen LogP contribution in [0.1, 0.15) is 29.7 Å². The number of aromatic nitrogens is 3. The minimum absolute atomic E-state index is 0.0400. The standard InChI is InChI=1S/C26H29F3N4O7S/c1-16-4-3-5-20-22(16)32-24(41(36)14-19-17(2)21(6-9-30-19)39-15-26(27,28)29)33(20)23(34)31-10-13-38-25(35)40-18-7-11-37-12-8-18/h3-6,9,18H,7-8,10-15H2,1-2H3,(H,31,34). The summed E-state index contributed by atoms with van der Waals surface area (Å²) in [5.41, 5.74) is 2.11. The average molecular weight is 599 g/mol. The second-order valence-electron chi connectivity index (χ2n) is 9.21. The third kappa shape index (κ3) is 7.94. The van der Waals surface area contributed by atoms with Gasteiger partial charge in [-0.25, -0.2) is 19.1 Å². The van der Waals surface area contributed by atoms with E-state index in [-0.39, 0.29) is 47.2 Å². The van der Waals surface area contributed by atoms with Crippen LogP contribution in [0.2, 0.25) is 0 Å². The van der Waals surface area contributed by atoms with Gasteiger partial charge in [-0.3, -0.25) is 9.19 Å². The lowest BCUT2D eigenvalue weighted by molar-refractivity contribution is -0.153. The topological polar surface area (TPSA) is 131 Å². The van der Waals surface area contributed by atoms with Crippen LogP contribution in [0.5, 0.6) is 5.75 Å². The lowest BCUT2D eigenvalue weighted by atomic mass is 10.2. The van der Waals surface area contributed by atoms with E-state index in [0.717, 1.165) is 10.1 Å². The van der Waals surface area contributed by atoms with Gasteiger partial charge in [0.1, 0.15) is 18.5 Å². The Morgan fingerprint density at radius 2 is 1.95 bits per heavy atom. The van der Waals surface area contributed by atoms with Crippen molar-refractivity contribution in [1.29, 1.82) is 0 Å². The first-order chi connectivity index (χ1) is 19.5. The molecule has 1 unspecified atom stereocenters. The van der Waals surface area contributed by atoms with Gasteiger partial charge in [0.25, 0.3) is 0 Å². The molecule has 0 saturated carbocycles. The number of para-hydroxylation sites is 1. The minimum atomic E-state index is -4.52. The molecule has 0 spiro atoms. The number of nitrogens with zero attached hydrogens (tertiary/aromatic N) is 3. The number of fused-ring (bicyclic) bond motifs is 1. The summed E-state index contributed by atoms with van der Waals surface area (Å²) in [5.74, 6) is -0.270. The molecule has 1 aromatic carbocycles. The molecule has 2 aromatic heterocycles. The fourth-order valence-corrected chi connectivity index (χ4v) is 5.36. The second-order valence-corrected chi connectivity index (χ2v) is 10.6. The maximum atomic E-state index is 13.5.